The van der Waals surface area contributed by atoms with Crippen LogP contribution in [0, 0.1) is 0 Å². The molecule has 9 nitrogen and oxygen atoms in total. The molecule has 2 rings (SSSR count). The summed E-state index contributed by atoms with van der Waals surface area (Å²) < 4.78 is 9.23. The molecule has 3 N–H and O–H groups in total. The maximum Gasteiger partial charge on any atom is 0.337 e. The number of nitrogens with one attached hydrogen (secondary N) is 3. The molecule has 0 heterocycles. The van der Waals surface area contributed by atoms with Gasteiger partial charge in [-0.15, -0.1) is 0 Å². The molecule has 0 spiro atoms. The van der Waals surface area contributed by atoms with Crippen LogP contribution in [0.3, 0.4) is 0 Å². The zero-order chi connectivity index (χ0) is 21.6. The van der Waals surface area contributed by atoms with E-state index in [9.17, 15) is 19.2 Å². The van der Waals surface area contributed by atoms with E-state index in [4.69, 9.17) is 23.2 Å². The van der Waals surface area contributed by atoms with Gasteiger partial charge in [-0.05, 0) is 36.4 Å². The molecule has 0 saturated heterocycles. The standard InChI is InChI=1S/C18H15Cl2N3O6/c1-28-16(25)9-5-10(17(26)29-2)7-12(6-9)21-18(27)23-22-15(24)13-4-3-11(19)8-14(13)20/h3-8H,1-2H3,(H,22,24)(H2,21,23,27). The molecule has 0 atom stereocenters. The average Bonchev–Trinajstić information content (AvgIpc) is 2.70. The van der Waals surface area contributed by atoms with Crippen molar-refractivity contribution in [3.05, 3.63) is 63.1 Å². The second-order valence-corrected chi connectivity index (χ2v) is 6.28. The Hall–Kier alpha value is -3.30. The Morgan fingerprint density at radius 3 is 1.93 bits per heavy atom. The highest BCUT2D eigenvalue weighted by molar-refractivity contribution is 6.36. The third-order valence-corrected chi connectivity index (χ3v) is 4.05. The Labute approximate surface area is 175 Å². The summed E-state index contributed by atoms with van der Waals surface area (Å²) in [5, 5.41) is 2.83. The number of esters is 2. The SMILES string of the molecule is COC(=O)c1cc(NC(=O)NNC(=O)c2ccc(Cl)cc2Cl)cc(C(=O)OC)c1. The minimum absolute atomic E-state index is 0.0164. The number of benzene rings is 2. The maximum absolute atomic E-state index is 12.1. The van der Waals surface area contributed by atoms with E-state index in [1.54, 1.807) is 0 Å². The lowest BCUT2D eigenvalue weighted by Gasteiger charge is -2.12. The summed E-state index contributed by atoms with van der Waals surface area (Å²) in [4.78, 5) is 47.7. The highest BCUT2D eigenvalue weighted by atomic mass is 35.5. The number of amides is 3. The molecule has 0 bridgehead atoms. The number of methoxy groups -OCH3 is 2. The maximum atomic E-state index is 12.1. The lowest BCUT2D eigenvalue weighted by molar-refractivity contribution is 0.0599. The second-order valence-electron chi connectivity index (χ2n) is 5.44. The van der Waals surface area contributed by atoms with Gasteiger partial charge in [-0.25, -0.2) is 19.8 Å². The van der Waals surface area contributed by atoms with Crippen molar-refractivity contribution >= 4 is 52.8 Å². The molecule has 0 fully saturated rings. The van der Waals surface area contributed by atoms with E-state index in [1.165, 1.54) is 50.6 Å². The van der Waals surface area contributed by atoms with Gasteiger partial charge in [0.1, 0.15) is 0 Å². The van der Waals surface area contributed by atoms with Crippen molar-refractivity contribution in [2.75, 3.05) is 19.5 Å². The van der Waals surface area contributed by atoms with Gasteiger partial charge in [0, 0.05) is 10.7 Å². The van der Waals surface area contributed by atoms with Crippen LogP contribution in [0.2, 0.25) is 10.0 Å². The monoisotopic (exact) mass is 439 g/mol. The van der Waals surface area contributed by atoms with Crippen molar-refractivity contribution in [1.82, 2.24) is 10.9 Å². The van der Waals surface area contributed by atoms with E-state index in [0.717, 1.165) is 0 Å². The van der Waals surface area contributed by atoms with Crippen LogP contribution in [0.1, 0.15) is 31.1 Å². The first-order valence-corrected chi connectivity index (χ1v) is 8.65. The number of rotatable bonds is 4. The molecule has 2 aromatic carbocycles. The van der Waals surface area contributed by atoms with E-state index >= 15 is 0 Å². The molecule has 0 unspecified atom stereocenters. The Morgan fingerprint density at radius 1 is 0.828 bits per heavy atom. The predicted octanol–water partition coefficient (Wildman–Crippen LogP) is 3.03. The van der Waals surface area contributed by atoms with Gasteiger partial charge in [0.25, 0.3) is 5.91 Å². The fourth-order valence-electron chi connectivity index (χ4n) is 2.19. The van der Waals surface area contributed by atoms with Crippen LogP contribution in [-0.2, 0) is 9.47 Å². The van der Waals surface area contributed by atoms with Gasteiger partial charge in [-0.1, -0.05) is 23.2 Å². The summed E-state index contributed by atoms with van der Waals surface area (Å²) in [6.45, 7) is 0. The molecule has 0 aliphatic rings. The van der Waals surface area contributed by atoms with Crippen LogP contribution in [0.25, 0.3) is 0 Å². The number of hydrazine groups is 1. The quantitative estimate of drug-likeness (QED) is 0.496. The van der Waals surface area contributed by atoms with Crippen LogP contribution in [-0.4, -0.2) is 38.1 Å². The van der Waals surface area contributed by atoms with E-state index in [0.29, 0.717) is 5.02 Å². The van der Waals surface area contributed by atoms with E-state index in [1.807, 2.05) is 0 Å². The highest BCUT2D eigenvalue weighted by Gasteiger charge is 2.16. The molecule has 0 radical (unpaired) electrons. The van der Waals surface area contributed by atoms with Crippen LogP contribution in [0.4, 0.5) is 10.5 Å². The van der Waals surface area contributed by atoms with Gasteiger partial charge >= 0.3 is 18.0 Å². The third-order valence-electron chi connectivity index (χ3n) is 3.50. The van der Waals surface area contributed by atoms with Crippen LogP contribution in [0.15, 0.2) is 36.4 Å². The minimum atomic E-state index is -0.846. The Bertz CT molecular complexity index is 946. The zero-order valence-electron chi connectivity index (χ0n) is 15.2. The topological polar surface area (TPSA) is 123 Å². The predicted molar refractivity (Wildman–Crippen MR) is 105 cm³/mol. The van der Waals surface area contributed by atoms with E-state index in [-0.39, 0.29) is 27.4 Å². The lowest BCUT2D eigenvalue weighted by Crippen LogP contribution is -2.44. The summed E-state index contributed by atoms with van der Waals surface area (Å²) in [5.41, 5.74) is 4.50. The van der Waals surface area contributed by atoms with Gasteiger partial charge in [0.2, 0.25) is 0 Å². The zero-order valence-corrected chi connectivity index (χ0v) is 16.7. The lowest BCUT2D eigenvalue weighted by atomic mass is 10.1. The molecular formula is C18H15Cl2N3O6. The van der Waals surface area contributed by atoms with Crippen LogP contribution < -0.4 is 16.2 Å². The number of carbonyl (C=O) groups excluding carboxylic acids is 4. The average molecular weight is 440 g/mol. The van der Waals surface area contributed by atoms with Crippen molar-refractivity contribution in [2.45, 2.75) is 0 Å². The molecule has 29 heavy (non-hydrogen) atoms. The first-order chi connectivity index (χ1) is 13.7. The number of hydrogen-bond donors (Lipinski definition) is 3. The second kappa shape index (κ2) is 9.76. The highest BCUT2D eigenvalue weighted by Crippen LogP contribution is 2.20. The molecule has 0 aliphatic carbocycles. The van der Waals surface area contributed by atoms with Crippen molar-refractivity contribution in [3.8, 4) is 0 Å². The molecule has 11 heteroatoms. The summed E-state index contributed by atoms with van der Waals surface area (Å²) in [7, 11) is 2.34. The number of urea groups is 1. The third kappa shape index (κ3) is 5.84. The van der Waals surface area contributed by atoms with Crippen molar-refractivity contribution in [3.63, 3.8) is 0 Å². The summed E-state index contributed by atoms with van der Waals surface area (Å²) in [5.74, 6) is -2.12. The van der Waals surface area contributed by atoms with Crippen LogP contribution >= 0.6 is 23.2 Å². The molecule has 0 aliphatic heterocycles. The molecule has 0 saturated carbocycles. The van der Waals surface area contributed by atoms with Crippen molar-refractivity contribution in [2.24, 2.45) is 0 Å². The Morgan fingerprint density at radius 2 is 1.41 bits per heavy atom. The van der Waals surface area contributed by atoms with E-state index in [2.05, 4.69) is 25.6 Å². The van der Waals surface area contributed by atoms with Gasteiger partial charge in [0.05, 0.1) is 35.9 Å². The van der Waals surface area contributed by atoms with Crippen molar-refractivity contribution in [1.29, 1.82) is 0 Å². The first kappa shape index (κ1) is 22.0. The minimum Gasteiger partial charge on any atom is -0.465 e. The largest absolute Gasteiger partial charge is 0.465 e. The normalized spacial score (nSPS) is 9.93. The van der Waals surface area contributed by atoms with Gasteiger partial charge < -0.3 is 14.8 Å². The summed E-state index contributed by atoms with van der Waals surface area (Å²) in [6.07, 6.45) is 0. The van der Waals surface area contributed by atoms with Crippen LogP contribution in [0.5, 0.6) is 0 Å². The molecular weight excluding hydrogens is 425 g/mol. The Balaban J connectivity index is 2.10. The number of hydrogen-bond acceptors (Lipinski definition) is 6. The van der Waals surface area contributed by atoms with Crippen molar-refractivity contribution < 1.29 is 28.7 Å². The number of carbonyl (C=O) groups is 4. The van der Waals surface area contributed by atoms with Gasteiger partial charge in [-0.3, -0.25) is 10.2 Å². The van der Waals surface area contributed by atoms with E-state index < -0.39 is 23.9 Å². The van der Waals surface area contributed by atoms with Gasteiger partial charge in [0.15, 0.2) is 0 Å². The number of ether oxygens (including phenoxy) is 2. The Kier molecular flexibility index (Phi) is 7.40. The summed E-state index contributed by atoms with van der Waals surface area (Å²) in [6, 6.07) is 7.22. The van der Waals surface area contributed by atoms with Gasteiger partial charge in [-0.2, -0.15) is 0 Å². The molecule has 2 aromatic rings. The first-order valence-electron chi connectivity index (χ1n) is 7.89. The number of anilines is 1. The summed E-state index contributed by atoms with van der Waals surface area (Å²) >= 11 is 11.7. The molecule has 152 valence electrons. The fourth-order valence-corrected chi connectivity index (χ4v) is 2.68. The number of halogens is 2. The smallest absolute Gasteiger partial charge is 0.337 e. The molecule has 3 amide bonds. The molecule has 0 aromatic heterocycles. The fraction of sp³-hybridized carbons (Fsp3) is 0.111.